The monoisotopic (exact) mass is 495 g/mol. The molecule has 0 N–H and O–H groups in total. The molecule has 0 fully saturated rings. The van der Waals surface area contributed by atoms with Crippen LogP contribution in [0.25, 0.3) is 71.3 Å². The molecule has 39 heavy (non-hydrogen) atoms. The number of rotatable bonds is 3. The minimum absolute atomic E-state index is 1.17. The van der Waals surface area contributed by atoms with E-state index in [1.807, 2.05) is 0 Å². The van der Waals surface area contributed by atoms with Gasteiger partial charge < -0.3 is 4.57 Å². The molecule has 0 amide bonds. The van der Waals surface area contributed by atoms with Crippen LogP contribution in [0.4, 0.5) is 0 Å². The lowest BCUT2D eigenvalue weighted by Gasteiger charge is -2.15. The standard InChI is InChI=1S/C38H25N/c1-2-10-26(11-3-1)30-22-31(29-21-20-28-19-18-27-12-4-5-13-33(27)36(28)25-29)24-32(23-30)39-37-16-8-6-14-34(37)35-15-7-9-17-38(35)39/h1-25H. The maximum Gasteiger partial charge on any atom is 0.0541 e. The van der Waals surface area contributed by atoms with Gasteiger partial charge in [0.15, 0.2) is 0 Å². The predicted molar refractivity (Wildman–Crippen MR) is 167 cm³/mol. The molecular weight excluding hydrogens is 470 g/mol. The summed E-state index contributed by atoms with van der Waals surface area (Å²) in [6, 6.07) is 55.1. The van der Waals surface area contributed by atoms with Crippen LogP contribution in [0.3, 0.4) is 0 Å². The molecule has 0 bridgehead atoms. The first-order valence-corrected chi connectivity index (χ1v) is 13.4. The van der Waals surface area contributed by atoms with Crippen molar-refractivity contribution in [1.82, 2.24) is 4.57 Å². The van der Waals surface area contributed by atoms with Crippen molar-refractivity contribution < 1.29 is 0 Å². The quantitative estimate of drug-likeness (QED) is 0.215. The molecule has 7 aromatic carbocycles. The summed E-state index contributed by atoms with van der Waals surface area (Å²) in [5.41, 5.74) is 8.47. The third kappa shape index (κ3) is 3.55. The van der Waals surface area contributed by atoms with Gasteiger partial charge in [-0.05, 0) is 80.2 Å². The van der Waals surface area contributed by atoms with E-state index in [0.29, 0.717) is 0 Å². The van der Waals surface area contributed by atoms with Crippen LogP contribution in [-0.4, -0.2) is 4.57 Å². The Labute approximate surface area is 227 Å². The molecule has 0 aliphatic heterocycles. The Morgan fingerprint density at radius 1 is 0.308 bits per heavy atom. The summed E-state index contributed by atoms with van der Waals surface area (Å²) >= 11 is 0. The first kappa shape index (κ1) is 21.9. The topological polar surface area (TPSA) is 4.93 Å². The summed E-state index contributed by atoms with van der Waals surface area (Å²) in [5.74, 6) is 0. The van der Waals surface area contributed by atoms with Gasteiger partial charge in [0.1, 0.15) is 0 Å². The molecule has 0 saturated heterocycles. The summed E-state index contributed by atoms with van der Waals surface area (Å²) in [4.78, 5) is 0. The van der Waals surface area contributed by atoms with Gasteiger partial charge in [-0.1, -0.05) is 115 Å². The molecule has 0 aliphatic carbocycles. The highest BCUT2D eigenvalue weighted by Crippen LogP contribution is 2.37. The van der Waals surface area contributed by atoms with Gasteiger partial charge in [-0.15, -0.1) is 0 Å². The Balaban J connectivity index is 1.43. The van der Waals surface area contributed by atoms with E-state index in [2.05, 4.69) is 156 Å². The Morgan fingerprint density at radius 2 is 0.846 bits per heavy atom. The summed E-state index contributed by atoms with van der Waals surface area (Å²) in [7, 11) is 0. The van der Waals surface area contributed by atoms with Crippen LogP contribution in [0.5, 0.6) is 0 Å². The van der Waals surface area contributed by atoms with Gasteiger partial charge in [-0.25, -0.2) is 0 Å². The average Bonchev–Trinajstić information content (AvgIpc) is 3.35. The van der Waals surface area contributed by atoms with Crippen LogP contribution in [0.15, 0.2) is 152 Å². The van der Waals surface area contributed by atoms with Crippen molar-refractivity contribution in [2.45, 2.75) is 0 Å². The van der Waals surface area contributed by atoms with Crippen LogP contribution < -0.4 is 0 Å². The Kier molecular flexibility index (Phi) is 4.89. The molecule has 8 aromatic rings. The largest absolute Gasteiger partial charge is 0.309 e. The maximum absolute atomic E-state index is 2.41. The second kappa shape index (κ2) is 8.72. The zero-order valence-corrected chi connectivity index (χ0v) is 21.4. The number of nitrogens with zero attached hydrogens (tertiary/aromatic N) is 1. The number of aromatic nitrogens is 1. The molecule has 0 saturated carbocycles. The fourth-order valence-electron chi connectivity index (χ4n) is 6.09. The first-order chi connectivity index (χ1) is 19.3. The van der Waals surface area contributed by atoms with Crippen LogP contribution in [0.1, 0.15) is 0 Å². The first-order valence-electron chi connectivity index (χ1n) is 13.4. The van der Waals surface area contributed by atoms with Crippen molar-refractivity contribution >= 4 is 43.4 Å². The van der Waals surface area contributed by atoms with Crippen molar-refractivity contribution in [3.8, 4) is 27.9 Å². The van der Waals surface area contributed by atoms with E-state index in [4.69, 9.17) is 0 Å². The number of hydrogen-bond donors (Lipinski definition) is 0. The van der Waals surface area contributed by atoms with Crippen molar-refractivity contribution in [2.75, 3.05) is 0 Å². The van der Waals surface area contributed by atoms with E-state index in [0.717, 1.165) is 0 Å². The SMILES string of the molecule is c1ccc(-c2cc(-c3ccc4ccc5ccccc5c4c3)cc(-n3c4ccccc4c4ccccc43)c2)cc1. The zero-order chi connectivity index (χ0) is 25.8. The Bertz CT molecular complexity index is 2110. The highest BCUT2D eigenvalue weighted by Gasteiger charge is 2.14. The minimum Gasteiger partial charge on any atom is -0.309 e. The van der Waals surface area contributed by atoms with Gasteiger partial charge in [-0.3, -0.25) is 0 Å². The lowest BCUT2D eigenvalue weighted by atomic mass is 9.94. The van der Waals surface area contributed by atoms with E-state index in [1.54, 1.807) is 0 Å². The molecule has 1 aromatic heterocycles. The normalized spacial score (nSPS) is 11.6. The van der Waals surface area contributed by atoms with Gasteiger partial charge in [0.25, 0.3) is 0 Å². The predicted octanol–water partition coefficient (Wildman–Crippen LogP) is 10.4. The number of para-hydroxylation sites is 2. The average molecular weight is 496 g/mol. The Hall–Kier alpha value is -5.14. The van der Waals surface area contributed by atoms with Gasteiger partial charge in [0.2, 0.25) is 0 Å². The number of benzene rings is 7. The molecular formula is C38H25N. The number of fused-ring (bicyclic) bond motifs is 6. The number of hydrogen-bond acceptors (Lipinski definition) is 0. The maximum atomic E-state index is 2.41. The molecule has 0 unspecified atom stereocenters. The summed E-state index contributed by atoms with van der Waals surface area (Å²) in [6.07, 6.45) is 0. The second-order valence-electron chi connectivity index (χ2n) is 10.2. The molecule has 0 atom stereocenters. The van der Waals surface area contributed by atoms with Gasteiger partial charge >= 0.3 is 0 Å². The fraction of sp³-hybridized carbons (Fsp3) is 0. The van der Waals surface area contributed by atoms with E-state index in [1.165, 1.54) is 71.3 Å². The lowest BCUT2D eigenvalue weighted by molar-refractivity contribution is 1.18. The highest BCUT2D eigenvalue weighted by atomic mass is 15.0. The summed E-state index contributed by atoms with van der Waals surface area (Å²) < 4.78 is 2.41. The Morgan fingerprint density at radius 3 is 1.56 bits per heavy atom. The molecule has 0 radical (unpaired) electrons. The third-order valence-electron chi connectivity index (χ3n) is 7.94. The van der Waals surface area contributed by atoms with Gasteiger partial charge in [0.05, 0.1) is 11.0 Å². The summed E-state index contributed by atoms with van der Waals surface area (Å²) in [6.45, 7) is 0. The van der Waals surface area contributed by atoms with Crippen molar-refractivity contribution in [3.05, 3.63) is 152 Å². The smallest absolute Gasteiger partial charge is 0.0541 e. The van der Waals surface area contributed by atoms with E-state index < -0.39 is 0 Å². The molecule has 1 heteroatoms. The summed E-state index contributed by atoms with van der Waals surface area (Å²) in [5, 5.41) is 7.66. The van der Waals surface area contributed by atoms with Gasteiger partial charge in [0, 0.05) is 16.5 Å². The molecule has 182 valence electrons. The van der Waals surface area contributed by atoms with Crippen LogP contribution in [0, 0.1) is 0 Å². The fourth-order valence-corrected chi connectivity index (χ4v) is 6.09. The van der Waals surface area contributed by atoms with E-state index in [9.17, 15) is 0 Å². The van der Waals surface area contributed by atoms with Crippen LogP contribution >= 0.6 is 0 Å². The van der Waals surface area contributed by atoms with E-state index in [-0.39, 0.29) is 0 Å². The molecule has 1 heterocycles. The molecule has 0 spiro atoms. The van der Waals surface area contributed by atoms with Gasteiger partial charge in [-0.2, -0.15) is 0 Å². The van der Waals surface area contributed by atoms with Crippen molar-refractivity contribution in [2.24, 2.45) is 0 Å². The third-order valence-corrected chi connectivity index (χ3v) is 7.94. The van der Waals surface area contributed by atoms with E-state index >= 15 is 0 Å². The molecule has 0 aliphatic rings. The van der Waals surface area contributed by atoms with Crippen molar-refractivity contribution in [3.63, 3.8) is 0 Å². The molecule has 8 rings (SSSR count). The lowest BCUT2D eigenvalue weighted by Crippen LogP contribution is -1.96. The van der Waals surface area contributed by atoms with Crippen molar-refractivity contribution in [1.29, 1.82) is 0 Å². The minimum atomic E-state index is 1.17. The van der Waals surface area contributed by atoms with Crippen LogP contribution in [-0.2, 0) is 0 Å². The van der Waals surface area contributed by atoms with Crippen LogP contribution in [0.2, 0.25) is 0 Å². The molecule has 1 nitrogen and oxygen atoms in total. The highest BCUT2D eigenvalue weighted by molar-refractivity contribution is 6.10. The zero-order valence-electron chi connectivity index (χ0n) is 21.4. The second-order valence-corrected chi connectivity index (χ2v) is 10.2.